The van der Waals surface area contributed by atoms with Crippen LogP contribution in [0.15, 0.2) is 6.20 Å². The Morgan fingerprint density at radius 3 is 2.83 bits per heavy atom. The van der Waals surface area contributed by atoms with Gasteiger partial charge in [0, 0.05) is 0 Å². The number of rotatable bonds is 0. The maximum Gasteiger partial charge on any atom is 0.135 e. The van der Waals surface area contributed by atoms with Crippen LogP contribution in [0.1, 0.15) is 0 Å². The minimum Gasteiger partial charge on any atom is -0.180 e. The van der Waals surface area contributed by atoms with Gasteiger partial charge in [-0.05, 0) is 22.6 Å². The van der Waals surface area contributed by atoms with Gasteiger partial charge in [-0.1, -0.05) is 0 Å². The van der Waals surface area contributed by atoms with E-state index in [9.17, 15) is 0 Å². The Hall–Kier alpha value is 0.290. The Morgan fingerprint density at radius 2 is 2.67 bits per heavy atom. The Kier molecular flexibility index (Phi) is 1.36. The van der Waals surface area contributed by atoms with Crippen LogP contribution in [-0.4, -0.2) is 8.75 Å². The summed E-state index contributed by atoms with van der Waals surface area (Å²) < 4.78 is 8.55. The van der Waals surface area contributed by atoms with Gasteiger partial charge in [0.1, 0.15) is 3.70 Å². The molecule has 0 aliphatic rings. The molecule has 0 atom stereocenters. The lowest BCUT2D eigenvalue weighted by Crippen LogP contribution is -1.55. The Balaban J connectivity index is 3.05. The van der Waals surface area contributed by atoms with E-state index in [4.69, 9.17) is 0 Å². The summed E-state index contributed by atoms with van der Waals surface area (Å²) in [6, 6.07) is 0. The smallest absolute Gasteiger partial charge is 0.135 e. The monoisotopic (exact) mass is 212 g/mol. The second-order valence-corrected chi connectivity index (χ2v) is 2.39. The molecule has 0 bridgehead atoms. The molecule has 0 aliphatic heterocycles. The summed E-state index contributed by atoms with van der Waals surface area (Å²) >= 11 is 3.34. The molecule has 0 saturated heterocycles. The average Bonchev–Trinajstić information content (AvgIpc) is 1.86. The minimum atomic E-state index is 0.970. The van der Waals surface area contributed by atoms with Crippen molar-refractivity contribution in [2.24, 2.45) is 0 Å². The van der Waals surface area contributed by atoms with E-state index < -0.39 is 0 Å². The number of aromatic nitrogens is 2. The standard InChI is InChI=1S/C2HIN2S/c3-2-1-4-6-5-2/h1H. The van der Waals surface area contributed by atoms with Gasteiger partial charge in [-0.15, -0.1) is 0 Å². The fourth-order valence-corrected chi connectivity index (χ4v) is 1.06. The van der Waals surface area contributed by atoms with Gasteiger partial charge in [-0.3, -0.25) is 0 Å². The number of halogens is 1. The van der Waals surface area contributed by atoms with Gasteiger partial charge in [0.05, 0.1) is 17.9 Å². The number of nitrogens with zero attached hydrogens (tertiary/aromatic N) is 2. The molecule has 0 aliphatic carbocycles. The quantitative estimate of drug-likeness (QED) is 0.602. The van der Waals surface area contributed by atoms with Gasteiger partial charge in [0.25, 0.3) is 0 Å². The highest BCUT2D eigenvalue weighted by Crippen LogP contribution is 1.96. The lowest BCUT2D eigenvalue weighted by atomic mass is 11.0. The van der Waals surface area contributed by atoms with Crippen molar-refractivity contribution < 1.29 is 0 Å². The number of hydrogen-bond donors (Lipinski definition) is 0. The first-order valence-corrected chi connectivity index (χ1v) is 3.13. The molecule has 4 heteroatoms. The van der Waals surface area contributed by atoms with Gasteiger partial charge in [0.15, 0.2) is 0 Å². The topological polar surface area (TPSA) is 25.8 Å². The molecule has 0 aromatic carbocycles. The van der Waals surface area contributed by atoms with Gasteiger partial charge in [0.2, 0.25) is 0 Å². The summed E-state index contributed by atoms with van der Waals surface area (Å²) in [5, 5.41) is 0. The molecule has 6 heavy (non-hydrogen) atoms. The van der Waals surface area contributed by atoms with Gasteiger partial charge in [-0.25, -0.2) is 0 Å². The molecule has 0 fully saturated rings. The first kappa shape index (κ1) is 4.45. The van der Waals surface area contributed by atoms with Gasteiger partial charge < -0.3 is 0 Å². The maximum atomic E-state index is 3.83. The Labute approximate surface area is 53.1 Å². The third kappa shape index (κ3) is 0.874. The average molecular weight is 212 g/mol. The first-order chi connectivity index (χ1) is 2.89. The molecule has 0 radical (unpaired) electrons. The van der Waals surface area contributed by atoms with E-state index in [2.05, 4.69) is 31.3 Å². The molecular formula is C2HIN2S. The highest BCUT2D eigenvalue weighted by Gasteiger charge is 1.80. The normalized spacial score (nSPS) is 8.83. The molecule has 0 N–H and O–H groups in total. The molecule has 0 saturated carbocycles. The van der Waals surface area contributed by atoms with E-state index in [-0.39, 0.29) is 0 Å². The molecule has 32 valence electrons. The molecule has 1 aromatic rings. The first-order valence-electron chi connectivity index (χ1n) is 1.32. The zero-order valence-corrected chi connectivity index (χ0v) is 5.73. The van der Waals surface area contributed by atoms with Crippen molar-refractivity contribution >= 4 is 34.3 Å². The van der Waals surface area contributed by atoms with Crippen molar-refractivity contribution in [2.45, 2.75) is 0 Å². The molecule has 0 unspecified atom stereocenters. The van der Waals surface area contributed by atoms with Gasteiger partial charge in [-0.2, -0.15) is 8.75 Å². The van der Waals surface area contributed by atoms with Crippen LogP contribution in [0, 0.1) is 3.70 Å². The fraction of sp³-hybridized carbons (Fsp3) is 0. The highest BCUT2D eigenvalue weighted by atomic mass is 127. The molecule has 0 amide bonds. The molecule has 1 aromatic heterocycles. The van der Waals surface area contributed by atoms with Crippen LogP contribution in [0.3, 0.4) is 0 Å². The largest absolute Gasteiger partial charge is 0.180 e. The van der Waals surface area contributed by atoms with Crippen molar-refractivity contribution in [1.29, 1.82) is 0 Å². The van der Waals surface area contributed by atoms with Crippen LogP contribution < -0.4 is 0 Å². The van der Waals surface area contributed by atoms with E-state index in [1.54, 1.807) is 6.20 Å². The second-order valence-electron chi connectivity index (χ2n) is 0.730. The molecule has 1 rings (SSSR count). The summed E-state index contributed by atoms with van der Waals surface area (Å²) in [6.07, 6.45) is 1.73. The van der Waals surface area contributed by atoms with Crippen molar-refractivity contribution in [3.05, 3.63) is 9.90 Å². The van der Waals surface area contributed by atoms with Crippen LogP contribution in [-0.2, 0) is 0 Å². The molecule has 2 nitrogen and oxygen atoms in total. The Morgan fingerprint density at radius 1 is 1.83 bits per heavy atom. The third-order valence-corrected chi connectivity index (χ3v) is 1.66. The zero-order valence-electron chi connectivity index (χ0n) is 2.76. The van der Waals surface area contributed by atoms with Crippen LogP contribution in [0.25, 0.3) is 0 Å². The summed E-state index contributed by atoms with van der Waals surface area (Å²) in [7, 11) is 0. The summed E-state index contributed by atoms with van der Waals surface area (Å²) in [5.74, 6) is 0. The van der Waals surface area contributed by atoms with Crippen molar-refractivity contribution in [3.63, 3.8) is 0 Å². The lowest BCUT2D eigenvalue weighted by Gasteiger charge is -1.58. The molecular weight excluding hydrogens is 211 g/mol. The van der Waals surface area contributed by atoms with Crippen LogP contribution in [0.2, 0.25) is 0 Å². The second kappa shape index (κ2) is 1.83. The van der Waals surface area contributed by atoms with Gasteiger partial charge >= 0.3 is 0 Å². The van der Waals surface area contributed by atoms with E-state index in [1.165, 1.54) is 11.7 Å². The summed E-state index contributed by atoms with van der Waals surface area (Å²) in [6.45, 7) is 0. The zero-order chi connectivity index (χ0) is 4.41. The molecule has 1 heterocycles. The predicted octanol–water partition coefficient (Wildman–Crippen LogP) is 1.14. The SMILES string of the molecule is Ic1cnsn1. The summed E-state index contributed by atoms with van der Waals surface area (Å²) in [5.41, 5.74) is 0. The van der Waals surface area contributed by atoms with Crippen LogP contribution in [0.5, 0.6) is 0 Å². The molecule has 0 spiro atoms. The van der Waals surface area contributed by atoms with Crippen LogP contribution in [0.4, 0.5) is 0 Å². The Bertz CT molecular complexity index is 115. The van der Waals surface area contributed by atoms with E-state index in [1.807, 2.05) is 0 Å². The number of hydrogen-bond acceptors (Lipinski definition) is 3. The predicted molar refractivity (Wildman–Crippen MR) is 32.6 cm³/mol. The maximum absolute atomic E-state index is 3.83. The van der Waals surface area contributed by atoms with E-state index >= 15 is 0 Å². The fourth-order valence-electron chi connectivity index (χ4n) is 0.153. The van der Waals surface area contributed by atoms with Crippen molar-refractivity contribution in [2.75, 3.05) is 0 Å². The van der Waals surface area contributed by atoms with Crippen molar-refractivity contribution in [1.82, 2.24) is 8.75 Å². The van der Waals surface area contributed by atoms with Crippen LogP contribution >= 0.6 is 34.3 Å². The van der Waals surface area contributed by atoms with E-state index in [0.717, 1.165) is 3.70 Å². The minimum absolute atomic E-state index is 0.970. The highest BCUT2D eigenvalue weighted by molar-refractivity contribution is 14.1. The lowest BCUT2D eigenvalue weighted by molar-refractivity contribution is 1.46. The summed E-state index contributed by atoms with van der Waals surface area (Å²) in [4.78, 5) is 0. The van der Waals surface area contributed by atoms with Crippen molar-refractivity contribution in [3.8, 4) is 0 Å². The third-order valence-electron chi connectivity index (χ3n) is 0.334. The van der Waals surface area contributed by atoms with E-state index in [0.29, 0.717) is 0 Å².